The smallest absolute Gasteiger partial charge is 0.123 e. The molecular weight excluding hydrogens is 124 g/mol. The second kappa shape index (κ2) is 1.84. The van der Waals surface area contributed by atoms with Gasteiger partial charge in [-0.3, -0.25) is 0 Å². The van der Waals surface area contributed by atoms with Gasteiger partial charge in [0.1, 0.15) is 6.29 Å². The number of fused-ring (bicyclic) bond motifs is 2. The summed E-state index contributed by atoms with van der Waals surface area (Å²) in [7, 11) is 0. The second-order valence-corrected chi connectivity index (χ2v) is 4.32. The minimum atomic E-state index is 0.416. The van der Waals surface area contributed by atoms with Crippen LogP contribution in [0.25, 0.3) is 0 Å². The lowest BCUT2D eigenvalue weighted by Gasteiger charge is -2.22. The summed E-state index contributed by atoms with van der Waals surface area (Å²) in [6.45, 7) is 2.33. The monoisotopic (exact) mass is 138 g/mol. The van der Waals surface area contributed by atoms with Crippen LogP contribution in [-0.2, 0) is 4.79 Å². The zero-order valence-electron chi connectivity index (χ0n) is 6.47. The van der Waals surface area contributed by atoms with E-state index in [4.69, 9.17) is 0 Å². The number of carbonyl (C=O) groups excluding carboxylic acids is 1. The Morgan fingerprint density at radius 1 is 1.50 bits per heavy atom. The lowest BCUT2D eigenvalue weighted by Crippen LogP contribution is -2.15. The van der Waals surface area contributed by atoms with E-state index in [1.165, 1.54) is 32.0 Å². The minimum absolute atomic E-state index is 0.416. The molecule has 3 atom stereocenters. The van der Waals surface area contributed by atoms with Crippen molar-refractivity contribution in [1.29, 1.82) is 0 Å². The van der Waals surface area contributed by atoms with E-state index in [9.17, 15) is 4.79 Å². The Morgan fingerprint density at radius 2 is 2.30 bits per heavy atom. The van der Waals surface area contributed by atoms with Crippen LogP contribution in [0.15, 0.2) is 0 Å². The van der Waals surface area contributed by atoms with Gasteiger partial charge in [-0.25, -0.2) is 0 Å². The second-order valence-electron chi connectivity index (χ2n) is 4.32. The van der Waals surface area contributed by atoms with Crippen molar-refractivity contribution in [2.24, 2.45) is 17.3 Å². The van der Waals surface area contributed by atoms with Crippen molar-refractivity contribution in [3.63, 3.8) is 0 Å². The topological polar surface area (TPSA) is 17.1 Å². The predicted octanol–water partition coefficient (Wildman–Crippen LogP) is 2.01. The molecule has 0 N–H and O–H groups in total. The van der Waals surface area contributed by atoms with E-state index in [0.717, 1.165) is 5.92 Å². The molecule has 0 aliphatic heterocycles. The molecule has 0 aromatic rings. The van der Waals surface area contributed by atoms with Gasteiger partial charge in [0.05, 0.1) is 0 Å². The Hall–Kier alpha value is -0.330. The highest BCUT2D eigenvalue weighted by Crippen LogP contribution is 2.55. The highest BCUT2D eigenvalue weighted by atomic mass is 16.1. The summed E-state index contributed by atoms with van der Waals surface area (Å²) in [5, 5.41) is 0. The van der Waals surface area contributed by atoms with Crippen LogP contribution >= 0.6 is 0 Å². The summed E-state index contributed by atoms with van der Waals surface area (Å²) in [6, 6.07) is 0. The molecule has 2 saturated carbocycles. The van der Waals surface area contributed by atoms with Crippen LogP contribution in [-0.4, -0.2) is 6.29 Å². The van der Waals surface area contributed by atoms with Crippen molar-refractivity contribution in [1.82, 2.24) is 0 Å². The SMILES string of the molecule is CC12CCC(C1)C(C=O)C2. The first-order valence-electron chi connectivity index (χ1n) is 4.19. The molecule has 0 saturated heterocycles. The Bertz CT molecular complexity index is 164. The van der Waals surface area contributed by atoms with Gasteiger partial charge in [0.25, 0.3) is 0 Å². The molecule has 2 rings (SSSR count). The fourth-order valence-corrected chi connectivity index (χ4v) is 2.82. The Labute approximate surface area is 61.8 Å². The van der Waals surface area contributed by atoms with Crippen molar-refractivity contribution in [2.75, 3.05) is 0 Å². The first kappa shape index (κ1) is 6.38. The molecule has 0 aromatic carbocycles. The number of carbonyl (C=O) groups is 1. The first-order chi connectivity index (χ1) is 4.73. The van der Waals surface area contributed by atoms with Crippen LogP contribution in [0.3, 0.4) is 0 Å². The molecule has 2 aliphatic carbocycles. The third-order valence-electron chi connectivity index (χ3n) is 3.38. The number of hydrogen-bond donors (Lipinski definition) is 0. The summed E-state index contributed by atoms with van der Waals surface area (Å²) in [5.74, 6) is 1.17. The van der Waals surface area contributed by atoms with Crippen molar-refractivity contribution in [3.8, 4) is 0 Å². The van der Waals surface area contributed by atoms with Gasteiger partial charge in [0.15, 0.2) is 0 Å². The molecule has 0 spiro atoms. The van der Waals surface area contributed by atoms with Crippen LogP contribution in [0, 0.1) is 17.3 Å². The third kappa shape index (κ3) is 0.727. The summed E-state index contributed by atoms with van der Waals surface area (Å²) in [5.41, 5.74) is 0.552. The van der Waals surface area contributed by atoms with E-state index in [1.807, 2.05) is 0 Å². The van der Waals surface area contributed by atoms with E-state index in [0.29, 0.717) is 11.3 Å². The first-order valence-corrected chi connectivity index (χ1v) is 4.19. The molecular formula is C9H14O. The van der Waals surface area contributed by atoms with Gasteiger partial charge in [0.2, 0.25) is 0 Å². The molecule has 0 amide bonds. The predicted molar refractivity (Wildman–Crippen MR) is 39.6 cm³/mol. The van der Waals surface area contributed by atoms with Crippen LogP contribution in [0.1, 0.15) is 32.6 Å². The fraction of sp³-hybridized carbons (Fsp3) is 0.889. The third-order valence-corrected chi connectivity index (χ3v) is 3.38. The van der Waals surface area contributed by atoms with Gasteiger partial charge in [-0.05, 0) is 37.0 Å². The van der Waals surface area contributed by atoms with Crippen LogP contribution < -0.4 is 0 Å². The largest absolute Gasteiger partial charge is 0.303 e. The molecule has 2 fully saturated rings. The summed E-state index contributed by atoms with van der Waals surface area (Å²) < 4.78 is 0. The lowest BCUT2D eigenvalue weighted by molar-refractivity contribution is -0.112. The number of hydrogen-bond acceptors (Lipinski definition) is 1. The average molecular weight is 138 g/mol. The Balaban J connectivity index is 2.17. The van der Waals surface area contributed by atoms with Crippen molar-refractivity contribution in [3.05, 3.63) is 0 Å². The van der Waals surface area contributed by atoms with Crippen molar-refractivity contribution >= 4 is 6.29 Å². The highest BCUT2D eigenvalue weighted by Gasteiger charge is 2.47. The Kier molecular flexibility index (Phi) is 1.17. The summed E-state index contributed by atoms with van der Waals surface area (Å²) in [6.07, 6.45) is 6.33. The van der Waals surface area contributed by atoms with E-state index in [1.54, 1.807) is 0 Å². The fourth-order valence-electron chi connectivity index (χ4n) is 2.82. The molecule has 3 unspecified atom stereocenters. The van der Waals surface area contributed by atoms with Crippen LogP contribution in [0.4, 0.5) is 0 Å². The number of aldehydes is 1. The van der Waals surface area contributed by atoms with Gasteiger partial charge >= 0.3 is 0 Å². The average Bonchev–Trinajstić information content (AvgIpc) is 2.41. The van der Waals surface area contributed by atoms with Gasteiger partial charge in [-0.2, -0.15) is 0 Å². The maximum absolute atomic E-state index is 10.5. The van der Waals surface area contributed by atoms with Crippen molar-refractivity contribution < 1.29 is 4.79 Å². The molecule has 0 radical (unpaired) electrons. The molecule has 2 bridgehead atoms. The number of rotatable bonds is 1. The molecule has 10 heavy (non-hydrogen) atoms. The summed E-state index contributed by atoms with van der Waals surface area (Å²) in [4.78, 5) is 10.5. The molecule has 0 aromatic heterocycles. The maximum Gasteiger partial charge on any atom is 0.123 e. The summed E-state index contributed by atoms with van der Waals surface area (Å²) >= 11 is 0. The van der Waals surface area contributed by atoms with Gasteiger partial charge in [0, 0.05) is 5.92 Å². The van der Waals surface area contributed by atoms with Crippen LogP contribution in [0.5, 0.6) is 0 Å². The van der Waals surface area contributed by atoms with E-state index < -0.39 is 0 Å². The molecule has 0 heterocycles. The van der Waals surface area contributed by atoms with E-state index >= 15 is 0 Å². The zero-order valence-corrected chi connectivity index (χ0v) is 6.47. The van der Waals surface area contributed by atoms with Gasteiger partial charge in [-0.1, -0.05) is 6.92 Å². The Morgan fingerprint density at radius 3 is 2.60 bits per heavy atom. The van der Waals surface area contributed by atoms with Crippen LogP contribution in [0.2, 0.25) is 0 Å². The molecule has 1 nitrogen and oxygen atoms in total. The minimum Gasteiger partial charge on any atom is -0.303 e. The quantitative estimate of drug-likeness (QED) is 0.506. The van der Waals surface area contributed by atoms with E-state index in [-0.39, 0.29) is 0 Å². The molecule has 2 aliphatic rings. The lowest BCUT2D eigenvalue weighted by atomic mass is 9.82. The normalized spacial score (nSPS) is 51.7. The molecule has 1 heteroatoms. The maximum atomic E-state index is 10.5. The standard InChI is InChI=1S/C9H14O/c1-9-3-2-7(4-9)8(5-9)6-10/h6-8H,2-5H2,1H3. The zero-order chi connectivity index (χ0) is 7.19. The van der Waals surface area contributed by atoms with Gasteiger partial charge in [-0.15, -0.1) is 0 Å². The highest BCUT2D eigenvalue weighted by molar-refractivity contribution is 5.55. The molecule has 56 valence electrons. The van der Waals surface area contributed by atoms with Crippen molar-refractivity contribution in [2.45, 2.75) is 32.6 Å². The van der Waals surface area contributed by atoms with Gasteiger partial charge < -0.3 is 4.79 Å². The van der Waals surface area contributed by atoms with E-state index in [2.05, 4.69) is 6.92 Å².